The Balaban J connectivity index is 0.000000908. The lowest BCUT2D eigenvalue weighted by atomic mass is 10.0. The molecule has 3 amide bonds. The van der Waals surface area contributed by atoms with Gasteiger partial charge in [0, 0.05) is 31.9 Å². The number of urea groups is 1. The monoisotopic (exact) mass is 806 g/mol. The van der Waals surface area contributed by atoms with Crippen molar-refractivity contribution in [3.8, 4) is 11.5 Å². The lowest BCUT2D eigenvalue weighted by Crippen LogP contribution is -2.56. The van der Waals surface area contributed by atoms with E-state index in [4.69, 9.17) is 19.8 Å². The van der Waals surface area contributed by atoms with Gasteiger partial charge in [0.2, 0.25) is 0 Å². The summed E-state index contributed by atoms with van der Waals surface area (Å²) in [6, 6.07) is 16.9. The van der Waals surface area contributed by atoms with Gasteiger partial charge in [-0.1, -0.05) is 24.3 Å². The van der Waals surface area contributed by atoms with Crippen molar-refractivity contribution in [3.05, 3.63) is 101 Å². The first-order valence-electron chi connectivity index (χ1n) is 17.0. The minimum atomic E-state index is -5.08. The standard InChI is InChI=1S/C35H39FN6O6S.C2HF3O2/c1-23-33(24(2)40(3)39-23)49(46,47)48-31-17-13-28(14-18-31)38-35(45)41(32(34(37)44)20-25-9-15-30(43)16-10-25)29-6-5-19-42(4,22-29)21-26-7-11-27(36)12-8-26;3-2(4,5)1(6)7/h7-18,32H,5-6,19-22H2,1-4H3,(H2-2,37,38,43,44,45);(H,6,7)/p+2/b41-29+;/t32-,42?;/m0./s1. The molecule has 5 N–H and O–H groups in total. The van der Waals surface area contributed by atoms with E-state index in [-0.39, 0.29) is 28.6 Å². The summed E-state index contributed by atoms with van der Waals surface area (Å²) in [5.41, 5.74) is 9.39. The van der Waals surface area contributed by atoms with E-state index in [1.54, 1.807) is 45.2 Å². The molecular formula is C37H42F4N6O8S+2. The van der Waals surface area contributed by atoms with E-state index in [9.17, 15) is 40.7 Å². The second-order valence-electron chi connectivity index (χ2n) is 13.5. The first-order chi connectivity index (χ1) is 26.1. The Morgan fingerprint density at radius 1 is 1.02 bits per heavy atom. The van der Waals surface area contributed by atoms with Gasteiger partial charge in [-0.2, -0.15) is 36.1 Å². The molecule has 1 aliphatic heterocycles. The van der Waals surface area contributed by atoms with E-state index < -0.39 is 40.2 Å². The third-order valence-corrected chi connectivity index (χ3v) is 10.5. The molecule has 0 aliphatic carbocycles. The molecule has 0 bridgehead atoms. The number of hydrogen-bond donors (Lipinski definition) is 4. The van der Waals surface area contributed by atoms with Crippen LogP contribution in [0.15, 0.2) is 77.7 Å². The SMILES string of the molecule is Cc1nn(C)c(C)c1S(=O)(=O)Oc1ccc(NC(=O)/[N+](=C2\CCC[N+](C)(Cc3ccc(F)cc3)C2)[C@@H](Cc2ccc(O)cc2)C(N)=O)cc1.O=C(O)C(F)(F)F. The fourth-order valence-electron chi connectivity index (χ4n) is 6.37. The quantitative estimate of drug-likeness (QED) is 0.0754. The van der Waals surface area contributed by atoms with Crippen molar-refractivity contribution in [1.29, 1.82) is 0 Å². The number of benzene rings is 3. The molecule has 4 aromatic rings. The number of primary amides is 1. The summed E-state index contributed by atoms with van der Waals surface area (Å²) >= 11 is 0. The number of rotatable bonds is 10. The molecule has 300 valence electrons. The third kappa shape index (κ3) is 11.1. The molecule has 5 rings (SSSR count). The van der Waals surface area contributed by atoms with Gasteiger partial charge < -0.3 is 24.6 Å². The van der Waals surface area contributed by atoms with Crippen molar-refractivity contribution < 1.29 is 63.8 Å². The summed E-state index contributed by atoms with van der Waals surface area (Å²) in [6.07, 6.45) is -3.70. The number of piperidine rings is 1. The van der Waals surface area contributed by atoms with Crippen LogP contribution in [0, 0.1) is 19.7 Å². The second kappa shape index (κ2) is 17.3. The molecule has 1 unspecified atom stereocenters. The maximum absolute atomic E-state index is 14.1. The van der Waals surface area contributed by atoms with Gasteiger partial charge >= 0.3 is 28.3 Å². The number of anilines is 1. The number of aromatic nitrogens is 2. The number of nitrogens with zero attached hydrogens (tertiary/aromatic N) is 4. The van der Waals surface area contributed by atoms with Crippen LogP contribution in [-0.4, -0.2) is 93.4 Å². The highest BCUT2D eigenvalue weighted by Crippen LogP contribution is 2.26. The lowest BCUT2D eigenvalue weighted by Gasteiger charge is -2.38. The molecule has 2 atom stereocenters. The number of carboxylic acids is 1. The zero-order valence-electron chi connectivity index (χ0n) is 30.9. The Morgan fingerprint density at radius 3 is 2.11 bits per heavy atom. The number of nitrogens with one attached hydrogen (secondary N) is 1. The number of aliphatic carboxylic acids is 1. The van der Waals surface area contributed by atoms with Crippen molar-refractivity contribution in [1.82, 2.24) is 9.78 Å². The van der Waals surface area contributed by atoms with E-state index in [1.165, 1.54) is 57.8 Å². The molecule has 56 heavy (non-hydrogen) atoms. The Kier molecular flexibility index (Phi) is 13.3. The maximum atomic E-state index is 14.1. The number of aryl methyl sites for hydroxylation is 2. The van der Waals surface area contributed by atoms with E-state index in [0.29, 0.717) is 52.3 Å². The lowest BCUT2D eigenvalue weighted by molar-refractivity contribution is -0.918. The molecule has 0 saturated carbocycles. The van der Waals surface area contributed by atoms with Gasteiger partial charge in [0.05, 0.1) is 25.0 Å². The molecule has 19 heteroatoms. The van der Waals surface area contributed by atoms with E-state index in [0.717, 1.165) is 18.5 Å². The number of alkyl halides is 3. The largest absolute Gasteiger partial charge is 0.508 e. The summed E-state index contributed by atoms with van der Waals surface area (Å²) < 4.78 is 80.2. The normalized spacial score (nSPS) is 17.2. The molecule has 1 aliphatic rings. The highest BCUT2D eigenvalue weighted by Gasteiger charge is 2.40. The van der Waals surface area contributed by atoms with Crippen LogP contribution in [0.3, 0.4) is 0 Å². The summed E-state index contributed by atoms with van der Waals surface area (Å²) in [6.45, 7) is 5.04. The molecular weight excluding hydrogens is 765 g/mol. The highest BCUT2D eigenvalue weighted by molar-refractivity contribution is 7.87. The van der Waals surface area contributed by atoms with Gasteiger partial charge in [-0.15, -0.1) is 0 Å². The minimum absolute atomic E-state index is 0.0107. The molecule has 0 radical (unpaired) electrons. The third-order valence-electron chi connectivity index (χ3n) is 9.02. The number of nitrogens with two attached hydrogens (primary N) is 1. The van der Waals surface area contributed by atoms with Gasteiger partial charge in [-0.3, -0.25) is 9.48 Å². The number of phenolic OH excluding ortho intramolecular Hbond substituents is 1. The molecule has 0 spiro atoms. The number of amides is 3. The van der Waals surface area contributed by atoms with Crippen molar-refractivity contribution in [2.75, 3.05) is 25.5 Å². The van der Waals surface area contributed by atoms with Crippen LogP contribution < -0.4 is 15.2 Å². The van der Waals surface area contributed by atoms with E-state index in [1.807, 2.05) is 0 Å². The number of carbonyl (C=O) groups excluding carboxylic acids is 2. The Morgan fingerprint density at radius 2 is 1.59 bits per heavy atom. The fraction of sp³-hybridized carbons (Fsp3) is 0.324. The van der Waals surface area contributed by atoms with Crippen LogP contribution in [0.25, 0.3) is 0 Å². The fourth-order valence-corrected chi connectivity index (χ4v) is 7.71. The number of likely N-dealkylation sites (tertiary alicyclic amines) is 1. The van der Waals surface area contributed by atoms with Crippen molar-refractivity contribution in [2.24, 2.45) is 12.8 Å². The predicted octanol–water partition coefficient (Wildman–Crippen LogP) is 4.81. The Hall–Kier alpha value is -5.82. The van der Waals surface area contributed by atoms with Crippen LogP contribution in [-0.2, 0) is 39.7 Å². The van der Waals surface area contributed by atoms with Gasteiger partial charge in [-0.05, 0) is 67.9 Å². The topological polar surface area (TPSA) is 194 Å². The zero-order valence-corrected chi connectivity index (χ0v) is 31.7. The smallest absolute Gasteiger partial charge is 0.496 e. The van der Waals surface area contributed by atoms with Crippen LogP contribution >= 0.6 is 0 Å². The average molecular weight is 807 g/mol. The number of aromatic hydroxyl groups is 1. The van der Waals surface area contributed by atoms with Crippen LogP contribution in [0.5, 0.6) is 11.5 Å². The van der Waals surface area contributed by atoms with E-state index >= 15 is 0 Å². The van der Waals surface area contributed by atoms with Crippen LogP contribution in [0.4, 0.5) is 28.0 Å². The summed E-state index contributed by atoms with van der Waals surface area (Å²) in [5.74, 6) is -3.68. The average Bonchev–Trinajstić information content (AvgIpc) is 3.37. The van der Waals surface area contributed by atoms with Crippen molar-refractivity contribution >= 4 is 39.4 Å². The molecule has 2 heterocycles. The van der Waals surface area contributed by atoms with Crippen molar-refractivity contribution in [2.45, 2.75) is 56.8 Å². The molecule has 14 nitrogen and oxygen atoms in total. The molecule has 1 aromatic heterocycles. The maximum Gasteiger partial charge on any atom is 0.496 e. The number of quaternary nitrogens is 1. The molecule has 1 saturated heterocycles. The number of carboxylic acid groups (broad SMARTS) is 1. The minimum Gasteiger partial charge on any atom is -0.508 e. The summed E-state index contributed by atoms with van der Waals surface area (Å²) in [5, 5.41) is 23.9. The second-order valence-corrected chi connectivity index (χ2v) is 15.0. The number of phenols is 1. The Labute approximate surface area is 320 Å². The summed E-state index contributed by atoms with van der Waals surface area (Å²) in [7, 11) is -0.477. The number of hydrogen-bond acceptors (Lipinski definition) is 8. The predicted molar refractivity (Wildman–Crippen MR) is 195 cm³/mol. The first kappa shape index (κ1) is 42.9. The number of halogens is 4. The van der Waals surface area contributed by atoms with Gasteiger partial charge in [0.15, 0.2) is 6.04 Å². The van der Waals surface area contributed by atoms with Gasteiger partial charge in [-0.25, -0.2) is 14.5 Å². The van der Waals surface area contributed by atoms with Crippen LogP contribution in [0.2, 0.25) is 0 Å². The van der Waals surface area contributed by atoms with E-state index in [2.05, 4.69) is 17.5 Å². The summed E-state index contributed by atoms with van der Waals surface area (Å²) in [4.78, 5) is 36.1. The highest BCUT2D eigenvalue weighted by atomic mass is 32.2. The first-order valence-corrected chi connectivity index (χ1v) is 18.4. The van der Waals surface area contributed by atoms with Crippen LogP contribution in [0.1, 0.15) is 35.4 Å². The zero-order chi connectivity index (χ0) is 41.6. The van der Waals surface area contributed by atoms with Gasteiger partial charge in [0.25, 0.3) is 5.91 Å². The molecule has 3 aromatic carbocycles. The van der Waals surface area contributed by atoms with Crippen molar-refractivity contribution in [3.63, 3.8) is 0 Å². The molecule has 1 fully saturated rings. The number of carbonyl (C=O) groups is 3. The Bertz CT molecular complexity index is 2210. The van der Waals surface area contributed by atoms with Gasteiger partial charge in [0.1, 0.15) is 46.7 Å².